The van der Waals surface area contributed by atoms with Crippen molar-refractivity contribution in [3.05, 3.63) is 59.7 Å². The summed E-state index contributed by atoms with van der Waals surface area (Å²) in [5.41, 5.74) is 1.91. The Kier molecular flexibility index (Phi) is 6.28. The van der Waals surface area contributed by atoms with Gasteiger partial charge in [-0.3, -0.25) is 4.79 Å². The number of carbonyl (C=O) groups excluding carboxylic acids is 1. The van der Waals surface area contributed by atoms with Crippen LogP contribution in [0.1, 0.15) is 70.0 Å². The van der Waals surface area contributed by atoms with E-state index in [9.17, 15) is 4.79 Å². The van der Waals surface area contributed by atoms with Gasteiger partial charge in [0, 0.05) is 12.0 Å². The number of benzene rings is 2. The summed E-state index contributed by atoms with van der Waals surface area (Å²) in [5, 5.41) is 3.17. The average Bonchev–Trinajstić information content (AvgIpc) is 2.72. The van der Waals surface area contributed by atoms with Crippen LogP contribution in [0.3, 0.4) is 0 Å². The molecule has 0 saturated heterocycles. The monoisotopic (exact) mass is 381 g/mol. The van der Waals surface area contributed by atoms with Crippen molar-refractivity contribution in [1.82, 2.24) is 5.32 Å². The lowest BCUT2D eigenvalue weighted by molar-refractivity contribution is -0.124. The first-order valence-corrected chi connectivity index (χ1v) is 10.3. The third-order valence-corrected chi connectivity index (χ3v) is 5.72. The van der Waals surface area contributed by atoms with Crippen LogP contribution >= 0.6 is 0 Å². The summed E-state index contributed by atoms with van der Waals surface area (Å²) in [6.07, 6.45) is 2.58. The Morgan fingerprint density at radius 2 is 1.82 bits per heavy atom. The van der Waals surface area contributed by atoms with Crippen molar-refractivity contribution >= 4 is 5.91 Å². The highest BCUT2D eigenvalue weighted by molar-refractivity contribution is 5.78. The molecule has 1 N–H and O–H groups in total. The number of amides is 1. The van der Waals surface area contributed by atoms with Gasteiger partial charge in [0.2, 0.25) is 0 Å². The predicted molar refractivity (Wildman–Crippen MR) is 112 cm³/mol. The highest BCUT2D eigenvalue weighted by atomic mass is 16.5. The summed E-state index contributed by atoms with van der Waals surface area (Å²) >= 11 is 0. The zero-order chi connectivity index (χ0) is 20.1. The molecule has 0 fully saturated rings. The maximum atomic E-state index is 12.7. The Balaban J connectivity index is 1.71. The second kappa shape index (κ2) is 8.68. The smallest absolute Gasteiger partial charge is 0.258 e. The Labute approximate surface area is 168 Å². The van der Waals surface area contributed by atoms with Gasteiger partial charge in [0.25, 0.3) is 5.91 Å². The molecule has 0 aliphatic carbocycles. The van der Waals surface area contributed by atoms with Crippen molar-refractivity contribution < 1.29 is 14.3 Å². The predicted octanol–water partition coefficient (Wildman–Crippen LogP) is 5.39. The van der Waals surface area contributed by atoms with Crippen LogP contribution in [0.15, 0.2) is 48.5 Å². The molecule has 1 heterocycles. The molecular formula is C24H31NO3. The largest absolute Gasteiger partial charge is 0.487 e. The first-order chi connectivity index (χ1) is 13.5. The second-order valence-electron chi connectivity index (χ2n) is 7.84. The molecule has 0 saturated carbocycles. The maximum Gasteiger partial charge on any atom is 0.258 e. The number of carbonyl (C=O) groups is 1. The van der Waals surface area contributed by atoms with E-state index in [-0.39, 0.29) is 24.2 Å². The van der Waals surface area contributed by atoms with E-state index < -0.39 is 0 Å². The molecule has 28 heavy (non-hydrogen) atoms. The fourth-order valence-electron chi connectivity index (χ4n) is 3.90. The summed E-state index contributed by atoms with van der Waals surface area (Å²) in [7, 11) is 0. The van der Waals surface area contributed by atoms with Crippen molar-refractivity contribution in [2.75, 3.05) is 6.61 Å². The molecule has 3 rings (SSSR count). The lowest BCUT2D eigenvalue weighted by Gasteiger charge is -2.41. The number of nitrogens with one attached hydrogen (secondary N) is 1. The van der Waals surface area contributed by atoms with Crippen LogP contribution in [-0.4, -0.2) is 18.1 Å². The van der Waals surface area contributed by atoms with Crippen molar-refractivity contribution in [1.29, 1.82) is 0 Å². The standard InChI is InChI=1S/C24H31NO3/c1-5-24(6-2)15-20(19-12-8-10-14-22(19)28-24)25-23(26)16-27-21-13-9-7-11-18(21)17(3)4/h7-14,17,20H,5-6,15-16H2,1-4H3,(H,25,26)/t20-/m0/s1. The fraction of sp³-hybridized carbons (Fsp3) is 0.458. The summed E-state index contributed by atoms with van der Waals surface area (Å²) in [6.45, 7) is 8.53. The second-order valence-corrected chi connectivity index (χ2v) is 7.84. The number of ether oxygens (including phenoxy) is 2. The molecule has 1 amide bonds. The minimum absolute atomic E-state index is 0.00844. The zero-order valence-electron chi connectivity index (χ0n) is 17.3. The zero-order valence-corrected chi connectivity index (χ0v) is 17.3. The van der Waals surface area contributed by atoms with Gasteiger partial charge in [-0.25, -0.2) is 0 Å². The van der Waals surface area contributed by atoms with E-state index in [1.165, 1.54) is 0 Å². The van der Waals surface area contributed by atoms with Crippen LogP contribution in [0.2, 0.25) is 0 Å². The van der Waals surface area contributed by atoms with E-state index in [1.807, 2.05) is 48.5 Å². The van der Waals surface area contributed by atoms with Crippen LogP contribution in [0, 0.1) is 0 Å². The Bertz CT molecular complexity index is 811. The summed E-state index contributed by atoms with van der Waals surface area (Å²) in [6, 6.07) is 15.8. The molecule has 2 aromatic rings. The molecule has 0 spiro atoms. The molecule has 1 aliphatic heterocycles. The first kappa shape index (κ1) is 20.2. The number of hydrogen-bond acceptors (Lipinski definition) is 3. The minimum atomic E-state index is -0.239. The molecular weight excluding hydrogens is 350 g/mol. The van der Waals surface area contributed by atoms with Crippen LogP contribution in [0.5, 0.6) is 11.5 Å². The van der Waals surface area contributed by atoms with E-state index in [1.54, 1.807) is 0 Å². The molecule has 4 nitrogen and oxygen atoms in total. The van der Waals surface area contributed by atoms with E-state index >= 15 is 0 Å². The summed E-state index contributed by atoms with van der Waals surface area (Å²) in [4.78, 5) is 12.7. The van der Waals surface area contributed by atoms with Gasteiger partial charge >= 0.3 is 0 Å². The van der Waals surface area contributed by atoms with Gasteiger partial charge in [0.05, 0.1) is 6.04 Å². The third-order valence-electron chi connectivity index (χ3n) is 5.72. The molecule has 2 aromatic carbocycles. The first-order valence-electron chi connectivity index (χ1n) is 10.3. The Hall–Kier alpha value is -2.49. The maximum absolute atomic E-state index is 12.7. The normalized spacial score (nSPS) is 17.5. The van der Waals surface area contributed by atoms with Crippen molar-refractivity contribution in [3.63, 3.8) is 0 Å². The van der Waals surface area contributed by atoms with Gasteiger partial charge in [-0.1, -0.05) is 64.1 Å². The molecule has 0 aromatic heterocycles. The van der Waals surface area contributed by atoms with Crippen LogP contribution in [0.4, 0.5) is 0 Å². The van der Waals surface area contributed by atoms with E-state index in [0.29, 0.717) is 5.92 Å². The summed E-state index contributed by atoms with van der Waals surface area (Å²) in [5.74, 6) is 1.88. The van der Waals surface area contributed by atoms with Crippen molar-refractivity contribution in [2.45, 2.75) is 64.5 Å². The van der Waals surface area contributed by atoms with Crippen LogP contribution in [0.25, 0.3) is 0 Å². The van der Waals surface area contributed by atoms with Gasteiger partial charge < -0.3 is 14.8 Å². The Morgan fingerprint density at radius 3 is 2.54 bits per heavy atom. The van der Waals surface area contributed by atoms with Gasteiger partial charge in [-0.2, -0.15) is 0 Å². The van der Waals surface area contributed by atoms with Gasteiger partial charge in [-0.05, 0) is 36.5 Å². The quantitative estimate of drug-likeness (QED) is 0.700. The minimum Gasteiger partial charge on any atom is -0.487 e. The van der Waals surface area contributed by atoms with Gasteiger partial charge in [-0.15, -0.1) is 0 Å². The SMILES string of the molecule is CCC1(CC)C[C@H](NC(=O)COc2ccccc2C(C)C)c2ccccc2O1. The van der Waals surface area contributed by atoms with Crippen molar-refractivity contribution in [3.8, 4) is 11.5 Å². The number of para-hydroxylation sites is 2. The highest BCUT2D eigenvalue weighted by Crippen LogP contribution is 2.42. The number of rotatable bonds is 7. The average molecular weight is 382 g/mol. The molecule has 150 valence electrons. The third kappa shape index (κ3) is 4.32. The van der Waals surface area contributed by atoms with Crippen LogP contribution in [-0.2, 0) is 4.79 Å². The molecule has 1 atom stereocenters. The highest BCUT2D eigenvalue weighted by Gasteiger charge is 2.38. The van der Waals surface area contributed by atoms with Gasteiger partial charge in [0.15, 0.2) is 6.61 Å². The molecule has 4 heteroatoms. The summed E-state index contributed by atoms with van der Waals surface area (Å²) < 4.78 is 12.2. The molecule has 0 bridgehead atoms. The van der Waals surface area contributed by atoms with E-state index in [0.717, 1.165) is 41.9 Å². The number of hydrogen-bond donors (Lipinski definition) is 1. The van der Waals surface area contributed by atoms with E-state index in [2.05, 4.69) is 33.0 Å². The lowest BCUT2D eigenvalue weighted by Crippen LogP contribution is -2.45. The van der Waals surface area contributed by atoms with Crippen molar-refractivity contribution in [2.24, 2.45) is 0 Å². The number of fused-ring (bicyclic) bond motifs is 1. The van der Waals surface area contributed by atoms with Gasteiger partial charge in [0.1, 0.15) is 17.1 Å². The Morgan fingerprint density at radius 1 is 1.14 bits per heavy atom. The van der Waals surface area contributed by atoms with E-state index in [4.69, 9.17) is 9.47 Å². The topological polar surface area (TPSA) is 47.6 Å². The molecule has 1 aliphatic rings. The molecule has 0 radical (unpaired) electrons. The lowest BCUT2D eigenvalue weighted by atomic mass is 9.83. The molecule has 0 unspecified atom stereocenters. The fourth-order valence-corrected chi connectivity index (χ4v) is 3.90. The van der Waals surface area contributed by atoms with Crippen LogP contribution < -0.4 is 14.8 Å².